The van der Waals surface area contributed by atoms with Crippen LogP contribution in [0.1, 0.15) is 49.0 Å². The Labute approximate surface area is 263 Å². The predicted octanol–water partition coefficient (Wildman–Crippen LogP) is 5.08. The van der Waals surface area contributed by atoms with Crippen molar-refractivity contribution in [1.29, 1.82) is 0 Å². The molecule has 0 aromatic heterocycles. The molecule has 0 saturated carbocycles. The minimum absolute atomic E-state index is 0.0474. The van der Waals surface area contributed by atoms with E-state index in [1.807, 2.05) is 13.8 Å². The van der Waals surface area contributed by atoms with Crippen molar-refractivity contribution < 1.29 is 33.7 Å². The van der Waals surface area contributed by atoms with Gasteiger partial charge < -0.3 is 29.5 Å². The van der Waals surface area contributed by atoms with Gasteiger partial charge >= 0.3 is 0 Å². The van der Waals surface area contributed by atoms with Crippen LogP contribution in [-0.2, 0) is 14.3 Å². The molecule has 11 heteroatoms. The number of hydrogen-bond acceptors (Lipinski definition) is 6. The average molecular weight is 640 g/mol. The number of aliphatic hydroxyl groups is 2. The van der Waals surface area contributed by atoms with E-state index >= 15 is 0 Å². The molecule has 8 nitrogen and oxygen atoms in total. The van der Waals surface area contributed by atoms with Crippen molar-refractivity contribution in [3.8, 4) is 0 Å². The van der Waals surface area contributed by atoms with Gasteiger partial charge in [-0.15, -0.1) is 0 Å². The largest absolute Gasteiger partial charge is 0.388 e. The fourth-order valence-corrected chi connectivity index (χ4v) is 5.56. The molecule has 2 amide bonds. The Hall–Kier alpha value is -2.53. The van der Waals surface area contributed by atoms with Crippen LogP contribution in [-0.4, -0.2) is 96.1 Å². The number of hydrogen-bond donors (Lipinski definition) is 2. The van der Waals surface area contributed by atoms with Crippen LogP contribution in [0.15, 0.2) is 48.5 Å². The molecular formula is C32H41Cl2FN2O6. The third-order valence-electron chi connectivity index (χ3n) is 7.36. The lowest BCUT2D eigenvalue weighted by atomic mass is 9.99. The van der Waals surface area contributed by atoms with Crippen LogP contribution in [0, 0.1) is 11.7 Å². The Bertz CT molecular complexity index is 1250. The van der Waals surface area contributed by atoms with Crippen LogP contribution in [0.5, 0.6) is 0 Å². The van der Waals surface area contributed by atoms with Crippen LogP contribution in [0.4, 0.5) is 4.39 Å². The highest BCUT2D eigenvalue weighted by atomic mass is 35.5. The fourth-order valence-electron chi connectivity index (χ4n) is 5.09. The number of rotatable bonds is 6. The second-order valence-electron chi connectivity index (χ2n) is 11.1. The van der Waals surface area contributed by atoms with Gasteiger partial charge in [-0.2, -0.15) is 0 Å². The number of carbonyl (C=O) groups excluding carboxylic acids is 2. The summed E-state index contributed by atoms with van der Waals surface area (Å²) in [5.41, 5.74) is 0.484. The van der Waals surface area contributed by atoms with Gasteiger partial charge in [-0.3, -0.25) is 9.59 Å². The zero-order valence-electron chi connectivity index (χ0n) is 24.8. The quantitative estimate of drug-likeness (QED) is 0.428. The first-order chi connectivity index (χ1) is 20.5. The summed E-state index contributed by atoms with van der Waals surface area (Å²) < 4.78 is 25.9. The van der Waals surface area contributed by atoms with Gasteiger partial charge in [-0.25, -0.2) is 4.39 Å². The maximum atomic E-state index is 14.8. The van der Waals surface area contributed by atoms with Crippen LogP contribution in [0.2, 0.25) is 10.0 Å². The van der Waals surface area contributed by atoms with Gasteiger partial charge in [0.2, 0.25) is 5.91 Å². The number of ether oxygens (including phenoxy) is 2. The molecule has 1 fully saturated rings. The van der Waals surface area contributed by atoms with Crippen molar-refractivity contribution in [1.82, 2.24) is 9.80 Å². The monoisotopic (exact) mass is 638 g/mol. The van der Waals surface area contributed by atoms with E-state index in [9.17, 15) is 24.2 Å². The highest BCUT2D eigenvalue weighted by Crippen LogP contribution is 2.24. The van der Waals surface area contributed by atoms with E-state index in [1.54, 1.807) is 35.2 Å². The summed E-state index contributed by atoms with van der Waals surface area (Å²) in [7, 11) is 1.37. The molecule has 0 radical (unpaired) electrons. The number of aliphatic hydroxyl groups excluding tert-OH is 2. The van der Waals surface area contributed by atoms with E-state index in [0.29, 0.717) is 48.0 Å². The van der Waals surface area contributed by atoms with Crippen LogP contribution in [0.3, 0.4) is 0 Å². The molecule has 1 aliphatic heterocycles. The Morgan fingerprint density at radius 1 is 1.14 bits per heavy atom. The second kappa shape index (κ2) is 17.1. The maximum Gasteiger partial charge on any atom is 0.256 e. The van der Waals surface area contributed by atoms with Gasteiger partial charge in [0.15, 0.2) is 0 Å². The highest BCUT2D eigenvalue weighted by molar-refractivity contribution is 6.35. The molecule has 236 valence electrons. The molecule has 2 aromatic carbocycles. The maximum absolute atomic E-state index is 14.8. The normalized spacial score (nSPS) is 23.0. The van der Waals surface area contributed by atoms with Gasteiger partial charge in [-0.1, -0.05) is 55.2 Å². The minimum atomic E-state index is -1.38. The van der Waals surface area contributed by atoms with Gasteiger partial charge in [-0.05, 0) is 61.1 Å². The fraction of sp³-hybridized carbons (Fsp3) is 0.500. The molecule has 43 heavy (non-hydrogen) atoms. The minimum Gasteiger partial charge on any atom is -0.388 e. The Morgan fingerprint density at radius 2 is 1.88 bits per heavy atom. The Balaban J connectivity index is 2.03. The summed E-state index contributed by atoms with van der Waals surface area (Å²) >= 11 is 12.3. The summed E-state index contributed by atoms with van der Waals surface area (Å²) in [6.07, 6.45) is 1.17. The summed E-state index contributed by atoms with van der Waals surface area (Å²) in [4.78, 5) is 30.7. The SMILES string of the molecule is CO[C@@H]1CN(C(=O)c2ccccc2F)C[C@@H](CC(C)C)N(C(=O)C=Cc2ccc(Cl)cc2Cl)CCCCOC[C@@H](O)[C@H]1O. The number of carbonyl (C=O) groups is 2. The molecule has 0 aliphatic carbocycles. The van der Waals surface area contributed by atoms with Gasteiger partial charge in [0.25, 0.3) is 5.91 Å². The molecule has 0 unspecified atom stereocenters. The first kappa shape index (κ1) is 35.0. The van der Waals surface area contributed by atoms with E-state index in [4.69, 9.17) is 32.7 Å². The van der Waals surface area contributed by atoms with Crippen molar-refractivity contribution in [2.24, 2.45) is 5.92 Å². The number of nitrogens with zero attached hydrogens (tertiary/aromatic N) is 2. The number of amides is 2. The molecule has 2 N–H and O–H groups in total. The summed E-state index contributed by atoms with van der Waals surface area (Å²) in [5.74, 6) is -1.43. The van der Waals surface area contributed by atoms with Crippen molar-refractivity contribution >= 4 is 41.1 Å². The Morgan fingerprint density at radius 3 is 2.56 bits per heavy atom. The molecule has 1 aliphatic rings. The standard InChI is InChI=1S/C32H41Cl2FN2O6/c1-21(2)16-24-18-36(32(41)25-8-4-5-9-27(25)35)19-29(42-3)31(40)28(38)20-43-15-7-6-14-37(24)30(39)13-11-22-10-12-23(33)17-26(22)34/h4-5,8-13,17,21,24,28-29,31,38,40H,6-7,14-16,18-20H2,1-3H3/t24-,28-,29-,31-/m1/s1. The molecule has 4 atom stereocenters. The van der Waals surface area contributed by atoms with E-state index in [0.717, 1.165) is 0 Å². The van der Waals surface area contributed by atoms with Crippen LogP contribution < -0.4 is 0 Å². The summed E-state index contributed by atoms with van der Waals surface area (Å²) in [6.45, 7) is 4.50. The number of methoxy groups -OCH3 is 1. The van der Waals surface area contributed by atoms with Crippen LogP contribution in [0.25, 0.3) is 6.08 Å². The zero-order valence-corrected chi connectivity index (χ0v) is 26.3. The smallest absolute Gasteiger partial charge is 0.256 e. The molecule has 0 spiro atoms. The number of halogens is 3. The summed E-state index contributed by atoms with van der Waals surface area (Å²) in [6, 6.07) is 10.2. The van der Waals surface area contributed by atoms with Crippen LogP contribution >= 0.6 is 23.2 Å². The third kappa shape index (κ3) is 10.3. The lowest BCUT2D eigenvalue weighted by Gasteiger charge is -2.38. The molecule has 1 saturated heterocycles. The number of benzene rings is 2. The van der Waals surface area contributed by atoms with Gasteiger partial charge in [0, 0.05) is 55.5 Å². The van der Waals surface area contributed by atoms with Crippen molar-refractivity contribution in [3.63, 3.8) is 0 Å². The molecule has 1 heterocycles. The van der Waals surface area contributed by atoms with Gasteiger partial charge in [0.05, 0.1) is 12.2 Å². The van der Waals surface area contributed by atoms with Gasteiger partial charge in [0.1, 0.15) is 24.1 Å². The highest BCUT2D eigenvalue weighted by Gasteiger charge is 2.34. The first-order valence-corrected chi connectivity index (χ1v) is 15.2. The van der Waals surface area contributed by atoms with E-state index in [-0.39, 0.29) is 37.1 Å². The van der Waals surface area contributed by atoms with Crippen molar-refractivity contribution in [2.45, 2.75) is 57.5 Å². The van der Waals surface area contributed by atoms with E-state index in [1.165, 1.54) is 36.3 Å². The van der Waals surface area contributed by atoms with Crippen molar-refractivity contribution in [2.75, 3.05) is 40.0 Å². The first-order valence-electron chi connectivity index (χ1n) is 14.5. The third-order valence-corrected chi connectivity index (χ3v) is 7.92. The lowest BCUT2D eigenvalue weighted by Crippen LogP contribution is -2.53. The summed E-state index contributed by atoms with van der Waals surface area (Å²) in [5, 5.41) is 22.3. The zero-order chi connectivity index (χ0) is 31.5. The topological polar surface area (TPSA) is 99.5 Å². The molecule has 2 aromatic rings. The van der Waals surface area contributed by atoms with E-state index < -0.39 is 36.1 Å². The average Bonchev–Trinajstić information content (AvgIpc) is 2.96. The Kier molecular flexibility index (Phi) is 13.9. The van der Waals surface area contributed by atoms with Crippen molar-refractivity contribution in [3.05, 3.63) is 75.5 Å². The lowest BCUT2D eigenvalue weighted by molar-refractivity contribution is -0.130. The molecule has 0 bridgehead atoms. The molecular weight excluding hydrogens is 598 g/mol. The van der Waals surface area contributed by atoms with E-state index in [2.05, 4.69) is 0 Å². The second-order valence-corrected chi connectivity index (χ2v) is 12.0. The molecule has 3 rings (SSSR count). The predicted molar refractivity (Wildman–Crippen MR) is 166 cm³/mol.